The van der Waals surface area contributed by atoms with E-state index in [9.17, 15) is 0 Å². The highest BCUT2D eigenvalue weighted by Crippen LogP contribution is 2.41. The zero-order valence-electron chi connectivity index (χ0n) is 14.1. The van der Waals surface area contributed by atoms with Crippen LogP contribution in [0.2, 0.25) is 0 Å². The molecule has 1 saturated carbocycles. The molecule has 1 aromatic carbocycles. The number of hydrogen-bond donors (Lipinski definition) is 0. The molecule has 23 heavy (non-hydrogen) atoms. The van der Waals surface area contributed by atoms with Crippen molar-refractivity contribution in [1.29, 1.82) is 0 Å². The van der Waals surface area contributed by atoms with Gasteiger partial charge in [0, 0.05) is 6.61 Å². The van der Waals surface area contributed by atoms with E-state index in [0.717, 1.165) is 18.9 Å². The highest BCUT2D eigenvalue weighted by molar-refractivity contribution is 5.13. The molecule has 1 aromatic rings. The van der Waals surface area contributed by atoms with Gasteiger partial charge in [-0.3, -0.25) is 0 Å². The smallest absolute Gasteiger partial charge is 0.112 e. The fraction of sp³-hybridized carbons (Fsp3) is 0.524. The van der Waals surface area contributed by atoms with Crippen molar-refractivity contribution in [2.45, 2.75) is 45.3 Å². The molecule has 1 saturated heterocycles. The van der Waals surface area contributed by atoms with Crippen molar-refractivity contribution in [3.63, 3.8) is 0 Å². The van der Waals surface area contributed by atoms with Crippen LogP contribution < -0.4 is 0 Å². The molecule has 0 N–H and O–H groups in total. The second kappa shape index (κ2) is 8.35. The molecular formula is C21H28O2. The van der Waals surface area contributed by atoms with Gasteiger partial charge in [-0.15, -0.1) is 0 Å². The molecular weight excluding hydrogens is 284 g/mol. The van der Waals surface area contributed by atoms with Crippen molar-refractivity contribution in [3.8, 4) is 0 Å². The lowest BCUT2D eigenvalue weighted by molar-refractivity contribution is -0.0638. The summed E-state index contributed by atoms with van der Waals surface area (Å²) in [5, 5.41) is 0. The van der Waals surface area contributed by atoms with Gasteiger partial charge in [0.05, 0.1) is 12.4 Å². The largest absolute Gasteiger partial charge is 0.497 e. The summed E-state index contributed by atoms with van der Waals surface area (Å²) in [5.74, 6) is 1.88. The SMILES string of the molecule is C/C=C\C1C[C@H]2OCCC[C@@H]2CC1/C=C/OCc1ccccc1. The molecule has 3 rings (SSSR count). The predicted molar refractivity (Wildman–Crippen MR) is 93.9 cm³/mol. The Morgan fingerprint density at radius 1 is 1.13 bits per heavy atom. The maximum absolute atomic E-state index is 6.00. The summed E-state index contributed by atoms with van der Waals surface area (Å²) in [5.41, 5.74) is 1.21. The third-order valence-electron chi connectivity index (χ3n) is 5.16. The molecule has 0 radical (unpaired) electrons. The first-order valence-electron chi connectivity index (χ1n) is 8.93. The van der Waals surface area contributed by atoms with Gasteiger partial charge in [-0.2, -0.15) is 0 Å². The van der Waals surface area contributed by atoms with Crippen molar-refractivity contribution >= 4 is 0 Å². The summed E-state index contributed by atoms with van der Waals surface area (Å²) in [6.07, 6.45) is 14.1. The number of ether oxygens (including phenoxy) is 2. The van der Waals surface area contributed by atoms with Crippen LogP contribution in [0.5, 0.6) is 0 Å². The van der Waals surface area contributed by atoms with E-state index in [1.807, 2.05) is 12.3 Å². The lowest BCUT2D eigenvalue weighted by atomic mass is 9.70. The van der Waals surface area contributed by atoms with Crippen LogP contribution in [-0.2, 0) is 16.1 Å². The molecule has 0 amide bonds. The quantitative estimate of drug-likeness (QED) is 0.555. The molecule has 124 valence electrons. The van der Waals surface area contributed by atoms with Crippen molar-refractivity contribution < 1.29 is 9.47 Å². The third-order valence-corrected chi connectivity index (χ3v) is 5.16. The minimum Gasteiger partial charge on any atom is -0.497 e. The minimum absolute atomic E-state index is 0.472. The summed E-state index contributed by atoms with van der Waals surface area (Å²) in [4.78, 5) is 0. The Morgan fingerprint density at radius 2 is 1.96 bits per heavy atom. The summed E-state index contributed by atoms with van der Waals surface area (Å²) in [6.45, 7) is 3.71. The van der Waals surface area contributed by atoms with Crippen molar-refractivity contribution in [3.05, 3.63) is 60.4 Å². The van der Waals surface area contributed by atoms with E-state index in [0.29, 0.717) is 24.5 Å². The molecule has 1 heterocycles. The lowest BCUT2D eigenvalue weighted by Gasteiger charge is -2.42. The lowest BCUT2D eigenvalue weighted by Crippen LogP contribution is -2.38. The Balaban J connectivity index is 1.56. The fourth-order valence-electron chi connectivity index (χ4n) is 3.96. The van der Waals surface area contributed by atoms with Crippen LogP contribution in [0.1, 0.15) is 38.2 Å². The van der Waals surface area contributed by atoms with Crippen molar-refractivity contribution in [2.24, 2.45) is 17.8 Å². The minimum atomic E-state index is 0.472. The standard InChI is InChI=1S/C21H28O2/c1-2-7-18-15-21-20(10-6-12-23-21)14-19(18)11-13-22-16-17-8-4-3-5-9-17/h2-5,7-9,11,13,18-21H,6,10,12,14-16H2,1H3/b7-2-,13-11+/t18?,19?,20-,21-/m1/s1. The molecule has 2 aliphatic rings. The summed E-state index contributed by atoms with van der Waals surface area (Å²) < 4.78 is 11.8. The van der Waals surface area contributed by atoms with Gasteiger partial charge in [-0.05, 0) is 62.0 Å². The first-order valence-corrected chi connectivity index (χ1v) is 8.93. The molecule has 2 fully saturated rings. The van der Waals surface area contributed by atoms with Crippen LogP contribution >= 0.6 is 0 Å². The van der Waals surface area contributed by atoms with Gasteiger partial charge in [0.15, 0.2) is 0 Å². The Bertz CT molecular complexity index is 520. The van der Waals surface area contributed by atoms with E-state index in [1.165, 1.54) is 24.8 Å². The van der Waals surface area contributed by atoms with E-state index in [2.05, 4.69) is 49.4 Å². The summed E-state index contributed by atoms with van der Waals surface area (Å²) in [6, 6.07) is 10.3. The highest BCUT2D eigenvalue weighted by atomic mass is 16.5. The number of allylic oxidation sites excluding steroid dienone is 3. The van der Waals surface area contributed by atoms with Gasteiger partial charge in [0.25, 0.3) is 0 Å². The normalized spacial score (nSPS) is 31.3. The molecule has 4 atom stereocenters. The van der Waals surface area contributed by atoms with Gasteiger partial charge >= 0.3 is 0 Å². The van der Waals surface area contributed by atoms with Crippen LogP contribution in [0.25, 0.3) is 0 Å². The summed E-state index contributed by atoms with van der Waals surface area (Å²) >= 11 is 0. The molecule has 1 aliphatic carbocycles. The maximum Gasteiger partial charge on any atom is 0.112 e. The Labute approximate surface area is 140 Å². The van der Waals surface area contributed by atoms with E-state index in [1.54, 1.807) is 0 Å². The molecule has 2 unspecified atom stereocenters. The van der Waals surface area contributed by atoms with Crippen LogP contribution in [0.4, 0.5) is 0 Å². The summed E-state index contributed by atoms with van der Waals surface area (Å²) in [7, 11) is 0. The maximum atomic E-state index is 6.00. The number of rotatable bonds is 5. The average Bonchev–Trinajstić information content (AvgIpc) is 2.60. The number of hydrogen-bond acceptors (Lipinski definition) is 2. The van der Waals surface area contributed by atoms with Crippen LogP contribution in [-0.4, -0.2) is 12.7 Å². The van der Waals surface area contributed by atoms with Gasteiger partial charge < -0.3 is 9.47 Å². The van der Waals surface area contributed by atoms with E-state index < -0.39 is 0 Å². The molecule has 0 aromatic heterocycles. The molecule has 2 nitrogen and oxygen atoms in total. The van der Waals surface area contributed by atoms with E-state index >= 15 is 0 Å². The van der Waals surface area contributed by atoms with Crippen molar-refractivity contribution in [2.75, 3.05) is 6.61 Å². The first-order chi connectivity index (χ1) is 11.4. The zero-order valence-corrected chi connectivity index (χ0v) is 14.1. The topological polar surface area (TPSA) is 18.5 Å². The van der Waals surface area contributed by atoms with E-state index in [4.69, 9.17) is 9.47 Å². The van der Waals surface area contributed by atoms with Gasteiger partial charge in [0.1, 0.15) is 6.61 Å². The molecule has 0 spiro atoms. The number of benzene rings is 1. The Morgan fingerprint density at radius 3 is 2.78 bits per heavy atom. The van der Waals surface area contributed by atoms with Gasteiger partial charge in [0.2, 0.25) is 0 Å². The number of fused-ring (bicyclic) bond motifs is 1. The Hall–Kier alpha value is -1.54. The van der Waals surface area contributed by atoms with Gasteiger partial charge in [-0.1, -0.05) is 42.5 Å². The highest BCUT2D eigenvalue weighted by Gasteiger charge is 2.36. The van der Waals surface area contributed by atoms with Crippen LogP contribution in [0, 0.1) is 17.8 Å². The van der Waals surface area contributed by atoms with Crippen molar-refractivity contribution in [1.82, 2.24) is 0 Å². The third kappa shape index (κ3) is 4.48. The molecule has 1 aliphatic heterocycles. The van der Waals surface area contributed by atoms with Gasteiger partial charge in [-0.25, -0.2) is 0 Å². The zero-order chi connectivity index (χ0) is 15.9. The molecule has 0 bridgehead atoms. The van der Waals surface area contributed by atoms with Crippen LogP contribution in [0.15, 0.2) is 54.8 Å². The second-order valence-electron chi connectivity index (χ2n) is 6.76. The monoisotopic (exact) mass is 312 g/mol. The second-order valence-corrected chi connectivity index (χ2v) is 6.76. The molecule has 2 heteroatoms. The van der Waals surface area contributed by atoms with E-state index in [-0.39, 0.29) is 0 Å². The van der Waals surface area contributed by atoms with Crippen LogP contribution in [0.3, 0.4) is 0 Å². The fourth-order valence-corrected chi connectivity index (χ4v) is 3.96. The first kappa shape index (κ1) is 16.3. The average molecular weight is 312 g/mol. The Kier molecular flexibility index (Phi) is 5.93. The predicted octanol–water partition coefficient (Wildman–Crippen LogP) is 5.11.